The van der Waals surface area contributed by atoms with Gasteiger partial charge in [-0.15, -0.1) is 0 Å². The number of nitriles is 1. The first-order valence-corrected chi connectivity index (χ1v) is 8.74. The molecular formula is C21H25N. The van der Waals surface area contributed by atoms with Gasteiger partial charge >= 0.3 is 0 Å². The molecule has 0 N–H and O–H groups in total. The maximum absolute atomic E-state index is 8.99. The van der Waals surface area contributed by atoms with Crippen LogP contribution in [-0.4, -0.2) is 0 Å². The normalized spacial score (nSPS) is 21.6. The van der Waals surface area contributed by atoms with E-state index in [9.17, 15) is 0 Å². The van der Waals surface area contributed by atoms with E-state index in [1.54, 1.807) is 0 Å². The predicted octanol–water partition coefficient (Wildman–Crippen LogP) is 6.18. The Kier molecular flexibility index (Phi) is 4.78. The second kappa shape index (κ2) is 6.97. The molecule has 0 unspecified atom stereocenters. The van der Waals surface area contributed by atoms with Crippen molar-refractivity contribution in [2.75, 3.05) is 0 Å². The maximum atomic E-state index is 8.99. The Morgan fingerprint density at radius 3 is 2.45 bits per heavy atom. The van der Waals surface area contributed by atoms with Crippen molar-refractivity contribution in [1.29, 1.82) is 5.26 Å². The molecule has 1 saturated carbocycles. The van der Waals surface area contributed by atoms with Gasteiger partial charge in [-0.2, -0.15) is 5.26 Å². The van der Waals surface area contributed by atoms with Crippen molar-refractivity contribution in [2.24, 2.45) is 5.92 Å². The number of hydrogen-bond donors (Lipinski definition) is 0. The zero-order valence-corrected chi connectivity index (χ0v) is 13.5. The summed E-state index contributed by atoms with van der Waals surface area (Å²) < 4.78 is 0. The first-order chi connectivity index (χ1) is 10.8. The van der Waals surface area contributed by atoms with Crippen molar-refractivity contribution in [3.63, 3.8) is 0 Å². The first kappa shape index (κ1) is 15.1. The third kappa shape index (κ3) is 3.33. The Bertz CT molecular complexity index is 672. The molecule has 0 heterocycles. The van der Waals surface area contributed by atoms with Crippen molar-refractivity contribution in [3.05, 3.63) is 47.5 Å². The van der Waals surface area contributed by atoms with Crippen LogP contribution in [0, 0.1) is 17.2 Å². The maximum Gasteiger partial charge on any atom is 0.0991 e. The molecule has 0 bridgehead atoms. The van der Waals surface area contributed by atoms with Crippen LogP contribution < -0.4 is 0 Å². The van der Waals surface area contributed by atoms with Gasteiger partial charge in [0.2, 0.25) is 0 Å². The van der Waals surface area contributed by atoms with Gasteiger partial charge in [0.15, 0.2) is 0 Å². The summed E-state index contributed by atoms with van der Waals surface area (Å²) in [5, 5.41) is 11.4. The minimum atomic E-state index is 0.734. The van der Waals surface area contributed by atoms with Gasteiger partial charge < -0.3 is 0 Å². The van der Waals surface area contributed by atoms with Gasteiger partial charge in [-0.05, 0) is 66.0 Å². The van der Waals surface area contributed by atoms with E-state index >= 15 is 0 Å². The van der Waals surface area contributed by atoms with Crippen LogP contribution in [-0.2, 0) is 0 Å². The third-order valence-electron chi connectivity index (χ3n) is 5.28. The largest absolute Gasteiger partial charge is 0.192 e. The third-order valence-corrected chi connectivity index (χ3v) is 5.28. The van der Waals surface area contributed by atoms with Crippen LogP contribution in [0.25, 0.3) is 10.8 Å². The lowest BCUT2D eigenvalue weighted by molar-refractivity contribution is 0.304. The highest BCUT2D eigenvalue weighted by atomic mass is 14.3. The van der Waals surface area contributed by atoms with Crippen molar-refractivity contribution in [3.8, 4) is 6.07 Å². The van der Waals surface area contributed by atoms with Crippen molar-refractivity contribution < 1.29 is 0 Å². The monoisotopic (exact) mass is 291 g/mol. The van der Waals surface area contributed by atoms with Crippen LogP contribution in [0.15, 0.2) is 36.4 Å². The van der Waals surface area contributed by atoms with Crippen LogP contribution in [0.3, 0.4) is 0 Å². The highest BCUT2D eigenvalue weighted by molar-refractivity contribution is 5.84. The van der Waals surface area contributed by atoms with Crippen LogP contribution >= 0.6 is 0 Å². The molecule has 0 amide bonds. The van der Waals surface area contributed by atoms with E-state index in [4.69, 9.17) is 5.26 Å². The Labute approximate surface area is 134 Å². The quantitative estimate of drug-likeness (QED) is 0.660. The number of nitrogens with zero attached hydrogens (tertiary/aromatic N) is 1. The highest BCUT2D eigenvalue weighted by Crippen LogP contribution is 2.38. The minimum Gasteiger partial charge on any atom is -0.192 e. The number of rotatable bonds is 4. The van der Waals surface area contributed by atoms with Gasteiger partial charge in [-0.3, -0.25) is 0 Å². The van der Waals surface area contributed by atoms with E-state index in [2.05, 4.69) is 37.3 Å². The van der Waals surface area contributed by atoms with Gasteiger partial charge in [-0.1, -0.05) is 50.5 Å². The summed E-state index contributed by atoms with van der Waals surface area (Å²) in [6, 6.07) is 15.0. The number of benzene rings is 2. The summed E-state index contributed by atoms with van der Waals surface area (Å²) in [5.74, 6) is 1.70. The molecule has 0 aromatic heterocycles. The Morgan fingerprint density at radius 1 is 1.00 bits per heavy atom. The van der Waals surface area contributed by atoms with E-state index in [1.807, 2.05) is 12.1 Å². The molecule has 0 saturated heterocycles. The van der Waals surface area contributed by atoms with E-state index in [1.165, 1.54) is 61.3 Å². The van der Waals surface area contributed by atoms with Crippen molar-refractivity contribution in [2.45, 2.75) is 57.8 Å². The number of unbranched alkanes of at least 4 members (excludes halogenated alkanes) is 1. The molecule has 1 aliphatic carbocycles. The molecule has 2 aromatic carbocycles. The molecule has 22 heavy (non-hydrogen) atoms. The summed E-state index contributed by atoms with van der Waals surface area (Å²) in [5.41, 5.74) is 2.24. The standard InChI is InChI=1S/C21H25N/c1-2-3-4-16-5-8-18(9-6-16)20-12-11-19-13-17(15-22)7-10-21(19)14-20/h7,10-14,16,18H,2-6,8-9H2,1H3/t16-,18-. The van der Waals surface area contributed by atoms with E-state index < -0.39 is 0 Å². The lowest BCUT2D eigenvalue weighted by Gasteiger charge is -2.29. The lowest BCUT2D eigenvalue weighted by atomic mass is 9.77. The average Bonchev–Trinajstić information content (AvgIpc) is 2.59. The Morgan fingerprint density at radius 2 is 1.73 bits per heavy atom. The van der Waals surface area contributed by atoms with Gasteiger partial charge in [0.25, 0.3) is 0 Å². The molecule has 0 atom stereocenters. The fraction of sp³-hybridized carbons (Fsp3) is 0.476. The zero-order valence-electron chi connectivity index (χ0n) is 13.5. The lowest BCUT2D eigenvalue weighted by Crippen LogP contribution is -2.13. The fourth-order valence-electron chi connectivity index (χ4n) is 3.86. The predicted molar refractivity (Wildman–Crippen MR) is 92.9 cm³/mol. The van der Waals surface area contributed by atoms with Gasteiger partial charge in [-0.25, -0.2) is 0 Å². The summed E-state index contributed by atoms with van der Waals surface area (Å²) in [7, 11) is 0. The smallest absolute Gasteiger partial charge is 0.0991 e. The molecule has 0 spiro atoms. The van der Waals surface area contributed by atoms with Gasteiger partial charge in [0.05, 0.1) is 11.6 Å². The molecule has 114 valence electrons. The minimum absolute atomic E-state index is 0.734. The molecule has 2 aromatic rings. The second-order valence-electron chi connectivity index (χ2n) is 6.79. The van der Waals surface area contributed by atoms with Crippen LogP contribution in [0.4, 0.5) is 0 Å². The molecule has 3 rings (SSSR count). The molecule has 1 fully saturated rings. The van der Waals surface area contributed by atoms with E-state index in [-0.39, 0.29) is 0 Å². The molecule has 1 aliphatic rings. The second-order valence-corrected chi connectivity index (χ2v) is 6.79. The number of hydrogen-bond acceptors (Lipinski definition) is 1. The first-order valence-electron chi connectivity index (χ1n) is 8.74. The number of fused-ring (bicyclic) bond motifs is 1. The van der Waals surface area contributed by atoms with Crippen LogP contribution in [0.1, 0.15) is 68.9 Å². The van der Waals surface area contributed by atoms with Crippen LogP contribution in [0.5, 0.6) is 0 Å². The summed E-state index contributed by atoms with van der Waals surface area (Å²) in [4.78, 5) is 0. The Hall–Kier alpha value is -1.81. The zero-order chi connectivity index (χ0) is 15.4. The van der Waals surface area contributed by atoms with Gasteiger partial charge in [0.1, 0.15) is 0 Å². The summed E-state index contributed by atoms with van der Waals surface area (Å²) in [6.45, 7) is 2.29. The highest BCUT2D eigenvalue weighted by Gasteiger charge is 2.22. The van der Waals surface area contributed by atoms with E-state index in [0.29, 0.717) is 0 Å². The van der Waals surface area contributed by atoms with Crippen molar-refractivity contribution in [1.82, 2.24) is 0 Å². The molecule has 1 nitrogen and oxygen atoms in total. The topological polar surface area (TPSA) is 23.8 Å². The molecular weight excluding hydrogens is 266 g/mol. The molecule has 0 radical (unpaired) electrons. The van der Waals surface area contributed by atoms with E-state index in [0.717, 1.165) is 17.4 Å². The average molecular weight is 291 g/mol. The molecule has 0 aliphatic heterocycles. The van der Waals surface area contributed by atoms with Gasteiger partial charge in [0, 0.05) is 0 Å². The summed E-state index contributed by atoms with van der Waals surface area (Å²) in [6.07, 6.45) is 9.64. The SMILES string of the molecule is CCCC[C@H]1CC[C@H](c2ccc3cc(C#N)ccc3c2)CC1. The molecule has 1 heteroatoms. The Balaban J connectivity index is 1.71. The van der Waals surface area contributed by atoms with Crippen molar-refractivity contribution >= 4 is 10.8 Å². The fourth-order valence-corrected chi connectivity index (χ4v) is 3.86. The van der Waals surface area contributed by atoms with Crippen LogP contribution in [0.2, 0.25) is 0 Å². The summed E-state index contributed by atoms with van der Waals surface area (Å²) >= 11 is 0.